The van der Waals surface area contributed by atoms with Crippen molar-refractivity contribution < 1.29 is 12.8 Å². The zero-order chi connectivity index (χ0) is 15.9. The normalized spacial score (nSPS) is 23.8. The third-order valence-corrected chi connectivity index (χ3v) is 6.32. The van der Waals surface area contributed by atoms with E-state index in [-0.39, 0.29) is 4.90 Å². The van der Waals surface area contributed by atoms with Gasteiger partial charge >= 0.3 is 0 Å². The Bertz CT molecular complexity index is 858. The molecule has 0 aliphatic heterocycles. The van der Waals surface area contributed by atoms with E-state index >= 15 is 0 Å². The molecule has 0 unspecified atom stereocenters. The SMILES string of the molecule is N#C[C@@H]1[C@@H](c2cccc(F)c2)[C@H]1S(=O)(=O)c1ccc(Cl)cc1. The summed E-state index contributed by atoms with van der Waals surface area (Å²) in [6.07, 6.45) is 0. The molecular formula is C16H11ClFNO2S. The molecule has 112 valence electrons. The molecule has 2 aromatic rings. The van der Waals surface area contributed by atoms with Gasteiger partial charge in [0.15, 0.2) is 9.84 Å². The van der Waals surface area contributed by atoms with E-state index in [1.165, 1.54) is 42.5 Å². The van der Waals surface area contributed by atoms with Crippen LogP contribution >= 0.6 is 11.6 Å². The molecule has 3 nitrogen and oxygen atoms in total. The van der Waals surface area contributed by atoms with Gasteiger partial charge in [0.25, 0.3) is 0 Å². The molecule has 0 heterocycles. The van der Waals surface area contributed by atoms with Crippen LogP contribution in [0.5, 0.6) is 0 Å². The Balaban J connectivity index is 1.98. The average molecular weight is 336 g/mol. The lowest BCUT2D eigenvalue weighted by molar-refractivity contribution is 0.593. The summed E-state index contributed by atoms with van der Waals surface area (Å²) in [7, 11) is -3.66. The van der Waals surface area contributed by atoms with E-state index in [0.717, 1.165) is 0 Å². The van der Waals surface area contributed by atoms with Crippen LogP contribution in [0.3, 0.4) is 0 Å². The number of halogens is 2. The zero-order valence-electron chi connectivity index (χ0n) is 11.3. The van der Waals surface area contributed by atoms with Crippen molar-refractivity contribution in [3.8, 4) is 6.07 Å². The molecule has 3 atom stereocenters. The Kier molecular flexibility index (Phi) is 3.67. The van der Waals surface area contributed by atoms with Crippen molar-refractivity contribution in [2.75, 3.05) is 0 Å². The number of sulfone groups is 1. The van der Waals surface area contributed by atoms with Crippen LogP contribution in [0.1, 0.15) is 11.5 Å². The Morgan fingerprint density at radius 2 is 1.82 bits per heavy atom. The van der Waals surface area contributed by atoms with Crippen molar-refractivity contribution in [3.63, 3.8) is 0 Å². The van der Waals surface area contributed by atoms with E-state index in [1.54, 1.807) is 6.07 Å². The lowest BCUT2D eigenvalue weighted by Crippen LogP contribution is -2.10. The first-order chi connectivity index (χ1) is 10.4. The van der Waals surface area contributed by atoms with Crippen molar-refractivity contribution in [1.29, 1.82) is 5.26 Å². The van der Waals surface area contributed by atoms with Crippen LogP contribution in [0.15, 0.2) is 53.4 Å². The summed E-state index contributed by atoms with van der Waals surface area (Å²) >= 11 is 5.77. The topological polar surface area (TPSA) is 57.9 Å². The second kappa shape index (κ2) is 5.38. The van der Waals surface area contributed by atoms with Crippen LogP contribution in [-0.4, -0.2) is 13.7 Å². The maximum absolute atomic E-state index is 13.3. The molecule has 0 saturated heterocycles. The smallest absolute Gasteiger partial charge is 0.183 e. The van der Waals surface area contributed by atoms with E-state index in [1.807, 2.05) is 6.07 Å². The van der Waals surface area contributed by atoms with Gasteiger partial charge in [-0.3, -0.25) is 0 Å². The minimum Gasteiger partial charge on any atom is -0.223 e. The van der Waals surface area contributed by atoms with Crippen LogP contribution in [0, 0.1) is 23.1 Å². The molecule has 22 heavy (non-hydrogen) atoms. The maximum atomic E-state index is 13.3. The average Bonchev–Trinajstić information content (AvgIpc) is 3.23. The Hall–Kier alpha value is -1.90. The third kappa shape index (κ3) is 2.49. The Morgan fingerprint density at radius 1 is 1.14 bits per heavy atom. The molecule has 0 N–H and O–H groups in total. The predicted molar refractivity (Wildman–Crippen MR) is 80.7 cm³/mol. The largest absolute Gasteiger partial charge is 0.223 e. The predicted octanol–water partition coefficient (Wildman–Crippen LogP) is 3.56. The molecule has 0 amide bonds. The summed E-state index contributed by atoms with van der Waals surface area (Å²) in [6.45, 7) is 0. The van der Waals surface area contributed by atoms with Crippen molar-refractivity contribution in [2.24, 2.45) is 5.92 Å². The monoisotopic (exact) mass is 335 g/mol. The third-order valence-electron chi connectivity index (χ3n) is 3.84. The molecule has 1 fully saturated rings. The highest BCUT2D eigenvalue weighted by Crippen LogP contribution is 2.53. The molecule has 0 radical (unpaired) electrons. The number of nitriles is 1. The van der Waals surface area contributed by atoms with Gasteiger partial charge in [0.05, 0.1) is 22.1 Å². The summed E-state index contributed by atoms with van der Waals surface area (Å²) in [4.78, 5) is 0.126. The van der Waals surface area contributed by atoms with Crippen molar-refractivity contribution in [1.82, 2.24) is 0 Å². The first-order valence-corrected chi connectivity index (χ1v) is 8.52. The van der Waals surface area contributed by atoms with Gasteiger partial charge < -0.3 is 0 Å². The van der Waals surface area contributed by atoms with Gasteiger partial charge in [-0.2, -0.15) is 5.26 Å². The quantitative estimate of drug-likeness (QED) is 0.861. The molecule has 1 aliphatic rings. The van der Waals surface area contributed by atoms with Gasteiger partial charge in [-0.15, -0.1) is 0 Å². The fourth-order valence-corrected chi connectivity index (χ4v) is 4.91. The lowest BCUT2D eigenvalue weighted by atomic mass is 10.1. The number of hydrogen-bond acceptors (Lipinski definition) is 3. The van der Waals surface area contributed by atoms with Crippen LogP contribution in [0.2, 0.25) is 5.02 Å². The second-order valence-electron chi connectivity index (χ2n) is 5.20. The first kappa shape index (κ1) is 15.0. The fraction of sp³-hybridized carbons (Fsp3) is 0.188. The van der Waals surface area contributed by atoms with Crippen molar-refractivity contribution >= 4 is 21.4 Å². The highest BCUT2D eigenvalue weighted by molar-refractivity contribution is 7.92. The number of benzene rings is 2. The summed E-state index contributed by atoms with van der Waals surface area (Å²) in [5.41, 5.74) is 0.536. The molecule has 3 rings (SSSR count). The molecule has 6 heteroatoms. The minimum atomic E-state index is -3.66. The Labute approximate surface area is 132 Å². The van der Waals surface area contributed by atoms with Gasteiger partial charge in [-0.05, 0) is 42.0 Å². The van der Waals surface area contributed by atoms with Crippen LogP contribution in [0.4, 0.5) is 4.39 Å². The van der Waals surface area contributed by atoms with Gasteiger partial charge in [0, 0.05) is 10.9 Å². The van der Waals surface area contributed by atoms with Gasteiger partial charge in [-0.25, -0.2) is 12.8 Å². The van der Waals surface area contributed by atoms with Crippen LogP contribution in [0.25, 0.3) is 0 Å². The lowest BCUT2D eigenvalue weighted by Gasteiger charge is -2.04. The van der Waals surface area contributed by atoms with Crippen LogP contribution in [-0.2, 0) is 9.84 Å². The number of rotatable bonds is 3. The molecule has 0 aromatic heterocycles. The fourth-order valence-electron chi connectivity index (χ4n) is 2.72. The maximum Gasteiger partial charge on any atom is 0.183 e. The number of nitrogens with zero attached hydrogens (tertiary/aromatic N) is 1. The van der Waals surface area contributed by atoms with E-state index < -0.39 is 32.7 Å². The molecule has 1 saturated carbocycles. The molecule has 2 aromatic carbocycles. The van der Waals surface area contributed by atoms with E-state index in [2.05, 4.69) is 0 Å². The van der Waals surface area contributed by atoms with E-state index in [9.17, 15) is 18.1 Å². The van der Waals surface area contributed by atoms with Gasteiger partial charge in [-0.1, -0.05) is 23.7 Å². The zero-order valence-corrected chi connectivity index (χ0v) is 12.9. The van der Waals surface area contributed by atoms with Gasteiger partial charge in [0.1, 0.15) is 5.82 Å². The summed E-state index contributed by atoms with van der Waals surface area (Å²) in [6, 6.07) is 13.6. The summed E-state index contributed by atoms with van der Waals surface area (Å²) < 4.78 is 38.6. The van der Waals surface area contributed by atoms with E-state index in [4.69, 9.17) is 11.6 Å². The molecule has 0 spiro atoms. The molecule has 0 bridgehead atoms. The standard InChI is InChI=1S/C16H11ClFNO2S/c17-11-4-6-13(7-5-11)22(20,21)16-14(9-19)15(16)10-2-1-3-12(18)8-10/h1-8,14-16H/t14-,15-,16+/m1/s1. The second-order valence-corrected chi connectivity index (χ2v) is 7.74. The first-order valence-electron chi connectivity index (χ1n) is 6.59. The highest BCUT2D eigenvalue weighted by atomic mass is 35.5. The Morgan fingerprint density at radius 3 is 2.41 bits per heavy atom. The summed E-state index contributed by atoms with van der Waals surface area (Å²) in [5, 5.41) is 8.79. The van der Waals surface area contributed by atoms with Crippen molar-refractivity contribution in [2.45, 2.75) is 16.1 Å². The van der Waals surface area contributed by atoms with Crippen molar-refractivity contribution in [3.05, 3.63) is 64.9 Å². The van der Waals surface area contributed by atoms with Crippen LogP contribution < -0.4 is 0 Å². The molecule has 1 aliphatic carbocycles. The minimum absolute atomic E-state index is 0.126. The summed E-state index contributed by atoms with van der Waals surface area (Å²) in [5.74, 6) is -1.60. The van der Waals surface area contributed by atoms with Gasteiger partial charge in [0.2, 0.25) is 0 Å². The highest BCUT2D eigenvalue weighted by Gasteiger charge is 2.59. The molecular weight excluding hydrogens is 325 g/mol. The number of hydrogen-bond donors (Lipinski definition) is 0. The van der Waals surface area contributed by atoms with E-state index in [0.29, 0.717) is 10.6 Å².